The third-order valence-electron chi connectivity index (χ3n) is 3.82. The van der Waals surface area contributed by atoms with E-state index in [1.165, 1.54) is 38.2 Å². The van der Waals surface area contributed by atoms with Gasteiger partial charge in [-0.1, -0.05) is 22.0 Å². The van der Waals surface area contributed by atoms with Crippen molar-refractivity contribution in [3.63, 3.8) is 0 Å². The number of nitrogens with two attached hydrogens (primary N) is 1. The van der Waals surface area contributed by atoms with Gasteiger partial charge in [0.2, 0.25) is 0 Å². The van der Waals surface area contributed by atoms with Crippen molar-refractivity contribution >= 4 is 27.3 Å². The first kappa shape index (κ1) is 12.4. The Morgan fingerprint density at radius 3 is 2.67 bits per heavy atom. The van der Waals surface area contributed by atoms with Crippen LogP contribution in [0.25, 0.3) is 10.4 Å². The molecular weight excluding hydrogens is 306 g/mol. The molecule has 1 nitrogen and oxygen atoms in total. The van der Waals surface area contributed by atoms with Crippen LogP contribution in [0.15, 0.2) is 34.8 Å². The van der Waals surface area contributed by atoms with Gasteiger partial charge >= 0.3 is 0 Å². The molecule has 1 saturated carbocycles. The average Bonchev–Trinajstić information content (AvgIpc) is 3.02. The van der Waals surface area contributed by atoms with E-state index in [2.05, 4.69) is 53.2 Å². The molecule has 3 heteroatoms. The lowest BCUT2D eigenvalue weighted by Crippen LogP contribution is -2.18. The van der Waals surface area contributed by atoms with Crippen LogP contribution in [0.4, 0.5) is 0 Å². The molecule has 1 aromatic heterocycles. The predicted octanol–water partition coefficient (Wildman–Crippen LogP) is 4.48. The van der Waals surface area contributed by atoms with Gasteiger partial charge < -0.3 is 5.73 Å². The lowest BCUT2D eigenvalue weighted by Gasteiger charge is -2.08. The molecule has 0 amide bonds. The van der Waals surface area contributed by atoms with E-state index in [0.717, 1.165) is 6.54 Å². The predicted molar refractivity (Wildman–Crippen MR) is 82.2 cm³/mol. The Balaban J connectivity index is 1.95. The van der Waals surface area contributed by atoms with E-state index in [1.54, 1.807) is 0 Å². The van der Waals surface area contributed by atoms with Crippen LogP contribution in [0.3, 0.4) is 0 Å². The van der Waals surface area contributed by atoms with Gasteiger partial charge in [0.05, 0.1) is 0 Å². The number of thiophene rings is 1. The van der Waals surface area contributed by atoms with Gasteiger partial charge in [-0.15, -0.1) is 11.3 Å². The second kappa shape index (κ2) is 4.48. The molecular formula is C15H16BrNS. The van der Waals surface area contributed by atoms with E-state index in [4.69, 9.17) is 5.73 Å². The van der Waals surface area contributed by atoms with Crippen molar-refractivity contribution in [2.45, 2.75) is 25.2 Å². The van der Waals surface area contributed by atoms with E-state index >= 15 is 0 Å². The lowest BCUT2D eigenvalue weighted by atomic mass is 10.1. The zero-order valence-electron chi connectivity index (χ0n) is 10.4. The molecule has 1 heterocycles. The second-order valence-electron chi connectivity index (χ2n) is 5.11. The van der Waals surface area contributed by atoms with E-state index < -0.39 is 0 Å². The van der Waals surface area contributed by atoms with Crippen molar-refractivity contribution < 1.29 is 0 Å². The summed E-state index contributed by atoms with van der Waals surface area (Å²) in [6, 6.07) is 11.0. The van der Waals surface area contributed by atoms with Crippen LogP contribution in [-0.2, 0) is 5.41 Å². The molecule has 1 aliphatic carbocycles. The molecule has 0 unspecified atom stereocenters. The number of hydrogen-bond acceptors (Lipinski definition) is 2. The van der Waals surface area contributed by atoms with Crippen molar-refractivity contribution in [2.75, 3.05) is 6.54 Å². The maximum Gasteiger partial charge on any atom is 0.0345 e. The highest BCUT2D eigenvalue weighted by molar-refractivity contribution is 9.10. The average molecular weight is 322 g/mol. The summed E-state index contributed by atoms with van der Waals surface area (Å²) in [5.41, 5.74) is 8.79. The molecule has 18 heavy (non-hydrogen) atoms. The van der Waals surface area contributed by atoms with Crippen molar-refractivity contribution in [1.82, 2.24) is 0 Å². The standard InChI is InChI=1S/C15H16BrNS/c1-10-8-11(2-3-12(10)16)13-4-5-14(18-13)15(9-17)6-7-15/h2-5,8H,6-7,9,17H2,1H3. The third kappa shape index (κ3) is 2.04. The zero-order valence-corrected chi connectivity index (χ0v) is 12.8. The highest BCUT2D eigenvalue weighted by Gasteiger charge is 2.43. The summed E-state index contributed by atoms with van der Waals surface area (Å²) >= 11 is 5.45. The Bertz CT molecular complexity index is 584. The van der Waals surface area contributed by atoms with Crippen LogP contribution in [0.5, 0.6) is 0 Å². The molecule has 0 aliphatic heterocycles. The molecule has 0 bridgehead atoms. The monoisotopic (exact) mass is 321 g/mol. The van der Waals surface area contributed by atoms with Gasteiger partial charge in [-0.2, -0.15) is 0 Å². The molecule has 3 rings (SSSR count). The number of rotatable bonds is 3. The third-order valence-corrected chi connectivity index (χ3v) is 6.09. The molecule has 0 spiro atoms. The van der Waals surface area contributed by atoms with Gasteiger partial charge in [-0.25, -0.2) is 0 Å². The summed E-state index contributed by atoms with van der Waals surface area (Å²) in [5.74, 6) is 0. The molecule has 2 aromatic rings. The van der Waals surface area contributed by atoms with Gasteiger partial charge in [-0.3, -0.25) is 0 Å². The molecule has 2 N–H and O–H groups in total. The fourth-order valence-corrected chi connectivity index (χ4v) is 3.78. The molecule has 94 valence electrons. The minimum absolute atomic E-state index is 0.313. The molecule has 1 aliphatic rings. The van der Waals surface area contributed by atoms with Gasteiger partial charge in [0, 0.05) is 26.2 Å². The van der Waals surface area contributed by atoms with E-state index in [0.29, 0.717) is 5.41 Å². The zero-order chi connectivity index (χ0) is 12.8. The summed E-state index contributed by atoms with van der Waals surface area (Å²) in [6.07, 6.45) is 2.51. The summed E-state index contributed by atoms with van der Waals surface area (Å²) in [4.78, 5) is 2.81. The van der Waals surface area contributed by atoms with E-state index in [-0.39, 0.29) is 0 Å². The first-order valence-electron chi connectivity index (χ1n) is 6.21. The maximum absolute atomic E-state index is 5.89. The maximum atomic E-state index is 5.89. The van der Waals surface area contributed by atoms with Gasteiger partial charge in [0.25, 0.3) is 0 Å². The van der Waals surface area contributed by atoms with Gasteiger partial charge in [-0.05, 0) is 55.2 Å². The Hall–Kier alpha value is -0.640. The minimum Gasteiger partial charge on any atom is -0.330 e. The smallest absolute Gasteiger partial charge is 0.0345 e. The minimum atomic E-state index is 0.313. The Morgan fingerprint density at radius 2 is 2.06 bits per heavy atom. The Morgan fingerprint density at radius 1 is 1.28 bits per heavy atom. The molecule has 1 fully saturated rings. The van der Waals surface area contributed by atoms with Crippen molar-refractivity contribution in [3.8, 4) is 10.4 Å². The molecule has 1 aromatic carbocycles. The first-order valence-corrected chi connectivity index (χ1v) is 7.82. The number of hydrogen-bond donors (Lipinski definition) is 1. The Labute approximate surface area is 120 Å². The van der Waals surface area contributed by atoms with Crippen LogP contribution in [0.1, 0.15) is 23.3 Å². The fraction of sp³-hybridized carbons (Fsp3) is 0.333. The number of halogens is 1. The van der Waals surface area contributed by atoms with Crippen LogP contribution in [-0.4, -0.2) is 6.54 Å². The highest BCUT2D eigenvalue weighted by atomic mass is 79.9. The van der Waals surface area contributed by atoms with Gasteiger partial charge in [0.1, 0.15) is 0 Å². The summed E-state index contributed by atoms with van der Waals surface area (Å²) in [7, 11) is 0. The van der Waals surface area contributed by atoms with Crippen molar-refractivity contribution in [2.24, 2.45) is 5.73 Å². The van der Waals surface area contributed by atoms with Crippen molar-refractivity contribution in [1.29, 1.82) is 0 Å². The summed E-state index contributed by atoms with van der Waals surface area (Å²) in [5, 5.41) is 0. The van der Waals surface area contributed by atoms with E-state index in [9.17, 15) is 0 Å². The van der Waals surface area contributed by atoms with Crippen LogP contribution >= 0.6 is 27.3 Å². The first-order chi connectivity index (χ1) is 8.64. The summed E-state index contributed by atoms with van der Waals surface area (Å²) < 4.78 is 1.17. The normalized spacial score (nSPS) is 16.8. The topological polar surface area (TPSA) is 26.0 Å². The highest BCUT2D eigenvalue weighted by Crippen LogP contribution is 2.50. The van der Waals surface area contributed by atoms with Crippen LogP contribution in [0, 0.1) is 6.92 Å². The number of aryl methyl sites for hydroxylation is 1. The second-order valence-corrected chi connectivity index (χ2v) is 7.05. The van der Waals surface area contributed by atoms with E-state index in [1.807, 2.05) is 11.3 Å². The molecule has 0 atom stereocenters. The largest absolute Gasteiger partial charge is 0.330 e. The van der Waals surface area contributed by atoms with Crippen LogP contribution < -0.4 is 5.73 Å². The lowest BCUT2D eigenvalue weighted by molar-refractivity contribution is 0.720. The van der Waals surface area contributed by atoms with Crippen molar-refractivity contribution in [3.05, 3.63) is 45.2 Å². The molecule has 0 radical (unpaired) electrons. The SMILES string of the molecule is Cc1cc(-c2ccc(C3(CN)CC3)s2)ccc1Br. The summed E-state index contributed by atoms with van der Waals surface area (Å²) in [6.45, 7) is 2.91. The van der Waals surface area contributed by atoms with Crippen LogP contribution in [0.2, 0.25) is 0 Å². The molecule has 0 saturated heterocycles. The quantitative estimate of drug-likeness (QED) is 0.886. The number of benzene rings is 1. The van der Waals surface area contributed by atoms with Gasteiger partial charge in [0.15, 0.2) is 0 Å². The fourth-order valence-electron chi connectivity index (χ4n) is 2.28. The Kier molecular flexibility index (Phi) is 3.08.